The number of ether oxygens (including phenoxy) is 1. The van der Waals surface area contributed by atoms with E-state index >= 15 is 0 Å². The molecule has 0 aromatic heterocycles. The van der Waals surface area contributed by atoms with Crippen LogP contribution in [0.5, 0.6) is 5.75 Å². The van der Waals surface area contributed by atoms with Crippen LogP contribution in [0.4, 0.5) is 4.79 Å². The van der Waals surface area contributed by atoms with Gasteiger partial charge in [0.05, 0.1) is 13.0 Å². The van der Waals surface area contributed by atoms with Crippen LogP contribution in [0.3, 0.4) is 0 Å². The maximum Gasteiger partial charge on any atom is 0.413 e. The molecule has 0 radical (unpaired) electrons. The highest BCUT2D eigenvalue weighted by molar-refractivity contribution is 5.85. The zero-order valence-electron chi connectivity index (χ0n) is 12.9. The summed E-state index contributed by atoms with van der Waals surface area (Å²) < 4.78 is 4.92. The minimum absolute atomic E-state index is 0.0753. The quantitative estimate of drug-likeness (QED) is 0.313. The van der Waals surface area contributed by atoms with Crippen LogP contribution in [0.15, 0.2) is 24.3 Å². The lowest BCUT2D eigenvalue weighted by Crippen LogP contribution is -2.43. The first-order valence-electron chi connectivity index (χ1n) is 7.07. The average molecular weight is 356 g/mol. The number of aryl methyl sites for hydroxylation is 1. The number of benzene rings is 1. The Kier molecular flexibility index (Phi) is 7.63. The van der Waals surface area contributed by atoms with Crippen molar-refractivity contribution in [3.05, 3.63) is 39.9 Å². The van der Waals surface area contributed by atoms with Gasteiger partial charge in [0.1, 0.15) is 11.8 Å². The number of carbonyl (C=O) groups is 3. The monoisotopic (exact) mass is 356 g/mol. The van der Waals surface area contributed by atoms with Gasteiger partial charge in [-0.2, -0.15) is 0 Å². The fourth-order valence-corrected chi connectivity index (χ4v) is 1.83. The predicted octanol–water partition coefficient (Wildman–Crippen LogP) is 0.844. The van der Waals surface area contributed by atoms with E-state index < -0.39 is 35.6 Å². The van der Waals surface area contributed by atoms with Gasteiger partial charge in [0.2, 0.25) is 0 Å². The van der Waals surface area contributed by atoms with E-state index in [1.807, 2.05) is 5.32 Å². The molecule has 1 aromatic rings. The highest BCUT2D eigenvalue weighted by atomic mass is 16.9. The van der Waals surface area contributed by atoms with Crippen molar-refractivity contribution in [3.8, 4) is 5.75 Å². The van der Waals surface area contributed by atoms with Crippen LogP contribution in [-0.2, 0) is 20.8 Å². The van der Waals surface area contributed by atoms with E-state index in [1.54, 1.807) is 12.1 Å². The first kappa shape index (κ1) is 19.7. The summed E-state index contributed by atoms with van der Waals surface area (Å²) in [6.45, 7) is -0.0753. The molecule has 0 aliphatic heterocycles. The van der Waals surface area contributed by atoms with Crippen LogP contribution >= 0.6 is 0 Å². The van der Waals surface area contributed by atoms with Gasteiger partial charge in [0, 0.05) is 0 Å². The maximum atomic E-state index is 11.7. The molecule has 1 amide bonds. The minimum atomic E-state index is -1.62. The van der Waals surface area contributed by atoms with Crippen LogP contribution in [0.1, 0.15) is 18.4 Å². The number of nitrogens with zero attached hydrogens (tertiary/aromatic N) is 1. The molecule has 1 rings (SSSR count). The van der Waals surface area contributed by atoms with Gasteiger partial charge < -0.3 is 25.1 Å². The van der Waals surface area contributed by atoms with Gasteiger partial charge in [-0.25, -0.2) is 9.59 Å². The van der Waals surface area contributed by atoms with Crippen molar-refractivity contribution >= 4 is 18.0 Å². The first-order chi connectivity index (χ1) is 11.8. The molecule has 136 valence electrons. The summed E-state index contributed by atoms with van der Waals surface area (Å²) in [5.41, 5.74) is 0.720. The molecule has 0 spiro atoms. The van der Waals surface area contributed by atoms with Crippen molar-refractivity contribution < 1.29 is 39.3 Å². The van der Waals surface area contributed by atoms with Gasteiger partial charge in [0.25, 0.3) is 5.09 Å². The van der Waals surface area contributed by atoms with Crippen molar-refractivity contribution in [3.63, 3.8) is 0 Å². The number of carboxylic acid groups (broad SMARTS) is 2. The molecule has 0 heterocycles. The Labute approximate surface area is 141 Å². The average Bonchev–Trinajstić information content (AvgIpc) is 2.50. The van der Waals surface area contributed by atoms with E-state index in [2.05, 4.69) is 4.84 Å². The van der Waals surface area contributed by atoms with Gasteiger partial charge in [-0.15, -0.1) is 10.1 Å². The summed E-state index contributed by atoms with van der Waals surface area (Å²) in [6, 6.07) is 4.62. The molecular formula is C14H16N2O9. The maximum absolute atomic E-state index is 11.7. The summed E-state index contributed by atoms with van der Waals surface area (Å²) in [4.78, 5) is 47.3. The van der Waals surface area contributed by atoms with Crippen molar-refractivity contribution in [1.82, 2.24) is 5.32 Å². The first-order valence-corrected chi connectivity index (χ1v) is 7.07. The number of rotatable bonds is 10. The van der Waals surface area contributed by atoms with Gasteiger partial charge >= 0.3 is 18.0 Å². The van der Waals surface area contributed by atoms with E-state index in [9.17, 15) is 24.5 Å². The largest absolute Gasteiger partial charge is 0.481 e. The second-order valence-corrected chi connectivity index (χ2v) is 4.83. The van der Waals surface area contributed by atoms with Gasteiger partial charge in [-0.05, 0) is 30.5 Å². The van der Waals surface area contributed by atoms with E-state index in [4.69, 9.17) is 14.9 Å². The lowest BCUT2D eigenvalue weighted by Gasteiger charge is -2.12. The highest BCUT2D eigenvalue weighted by Gasteiger charge is 2.23. The third-order valence-electron chi connectivity index (χ3n) is 2.88. The SMILES string of the molecule is O=C(O)CC(NC(=O)Oc1cccc(CCCO[N+](=O)[O-])c1)C(=O)O. The van der Waals surface area contributed by atoms with Crippen LogP contribution in [0.2, 0.25) is 0 Å². The van der Waals surface area contributed by atoms with E-state index in [0.717, 1.165) is 5.56 Å². The molecule has 1 unspecified atom stereocenters. The van der Waals surface area contributed by atoms with Gasteiger partial charge in [-0.1, -0.05) is 12.1 Å². The lowest BCUT2D eigenvalue weighted by molar-refractivity contribution is -0.757. The molecule has 0 aliphatic rings. The summed E-state index contributed by atoms with van der Waals surface area (Å²) in [5.74, 6) is -2.77. The Morgan fingerprint density at radius 3 is 2.60 bits per heavy atom. The molecule has 11 heteroatoms. The van der Waals surface area contributed by atoms with Crippen molar-refractivity contribution in [2.24, 2.45) is 0 Å². The summed E-state index contributed by atoms with van der Waals surface area (Å²) >= 11 is 0. The Balaban J connectivity index is 2.56. The topological polar surface area (TPSA) is 165 Å². The van der Waals surface area contributed by atoms with Crippen LogP contribution in [0, 0.1) is 10.1 Å². The number of aliphatic carboxylic acids is 2. The second-order valence-electron chi connectivity index (χ2n) is 4.83. The zero-order chi connectivity index (χ0) is 18.8. The summed E-state index contributed by atoms with van der Waals surface area (Å²) in [5, 5.41) is 28.5. The highest BCUT2D eigenvalue weighted by Crippen LogP contribution is 2.15. The number of amides is 1. The lowest BCUT2D eigenvalue weighted by atomic mass is 10.1. The molecule has 11 nitrogen and oxygen atoms in total. The molecule has 0 fully saturated rings. The molecular weight excluding hydrogens is 340 g/mol. The summed E-state index contributed by atoms with van der Waals surface area (Å²) in [7, 11) is 0. The molecule has 0 saturated carbocycles. The van der Waals surface area contributed by atoms with Crippen LogP contribution in [-0.4, -0.2) is 46.0 Å². The van der Waals surface area contributed by atoms with E-state index in [-0.39, 0.29) is 12.4 Å². The third-order valence-corrected chi connectivity index (χ3v) is 2.88. The Morgan fingerprint density at radius 1 is 1.28 bits per heavy atom. The van der Waals surface area contributed by atoms with Crippen LogP contribution < -0.4 is 10.1 Å². The van der Waals surface area contributed by atoms with Gasteiger partial charge in [-0.3, -0.25) is 4.79 Å². The number of hydrogen-bond donors (Lipinski definition) is 3. The van der Waals surface area contributed by atoms with Crippen molar-refractivity contribution in [1.29, 1.82) is 0 Å². The zero-order valence-corrected chi connectivity index (χ0v) is 12.9. The molecule has 1 atom stereocenters. The fourth-order valence-electron chi connectivity index (χ4n) is 1.83. The molecule has 1 aromatic carbocycles. The van der Waals surface area contributed by atoms with E-state index in [0.29, 0.717) is 12.8 Å². The molecule has 3 N–H and O–H groups in total. The van der Waals surface area contributed by atoms with E-state index in [1.165, 1.54) is 12.1 Å². The fraction of sp³-hybridized carbons (Fsp3) is 0.357. The normalized spacial score (nSPS) is 11.2. The second kappa shape index (κ2) is 9.70. The smallest absolute Gasteiger partial charge is 0.413 e. The molecule has 0 saturated heterocycles. The Bertz CT molecular complexity index is 647. The van der Waals surface area contributed by atoms with Crippen molar-refractivity contribution in [2.45, 2.75) is 25.3 Å². The number of carbonyl (C=O) groups excluding carboxylic acids is 1. The van der Waals surface area contributed by atoms with Crippen molar-refractivity contribution in [2.75, 3.05) is 6.61 Å². The molecule has 25 heavy (non-hydrogen) atoms. The number of hydrogen-bond acceptors (Lipinski definition) is 7. The summed E-state index contributed by atoms with van der Waals surface area (Å²) in [6.07, 6.45) is -1.09. The Morgan fingerprint density at radius 2 is 2.00 bits per heavy atom. The Hall–Kier alpha value is -3.37. The van der Waals surface area contributed by atoms with Crippen LogP contribution in [0.25, 0.3) is 0 Å². The molecule has 0 bridgehead atoms. The number of carboxylic acids is 2. The van der Waals surface area contributed by atoms with Gasteiger partial charge in [0.15, 0.2) is 0 Å². The molecule has 0 aliphatic carbocycles. The minimum Gasteiger partial charge on any atom is -0.481 e. The standard InChI is InChI=1S/C14H16N2O9/c17-12(18)8-11(13(19)20)15-14(21)25-10-5-1-3-9(7-10)4-2-6-24-16(22)23/h1,3,5,7,11H,2,4,6,8H2,(H,15,21)(H,17,18)(H,19,20). The third kappa shape index (κ3) is 8.16. The number of nitrogens with one attached hydrogen (secondary N) is 1. The predicted molar refractivity (Wildman–Crippen MR) is 80.5 cm³/mol.